The first kappa shape index (κ1) is 13.8. The predicted molar refractivity (Wildman–Crippen MR) is 80.2 cm³/mol. The van der Waals surface area contributed by atoms with Crippen molar-refractivity contribution >= 4 is 28.4 Å². The topological polar surface area (TPSA) is 34.9 Å². The summed E-state index contributed by atoms with van der Waals surface area (Å²) in [6.45, 7) is 0. The lowest BCUT2D eigenvalue weighted by Gasteiger charge is -2.04. The van der Waals surface area contributed by atoms with Crippen molar-refractivity contribution in [3.05, 3.63) is 64.7 Å². The van der Waals surface area contributed by atoms with Crippen molar-refractivity contribution in [3.8, 4) is 0 Å². The van der Waals surface area contributed by atoms with Crippen LogP contribution in [0.25, 0.3) is 11.0 Å². The number of carbonyl (C=O) groups is 1. The molecular formula is C16H12ClFN2O. The smallest absolute Gasteiger partial charge is 0.173 e. The number of benzene rings is 2. The van der Waals surface area contributed by atoms with Crippen molar-refractivity contribution in [2.24, 2.45) is 7.05 Å². The Morgan fingerprint density at radius 3 is 2.76 bits per heavy atom. The van der Waals surface area contributed by atoms with E-state index in [-0.39, 0.29) is 22.8 Å². The molecule has 3 aromatic rings. The minimum Gasteiger partial charge on any atom is -0.331 e. The number of Topliss-reactive ketones (excluding diaryl/α,β-unsaturated/α-hetero) is 1. The first-order valence-electron chi connectivity index (χ1n) is 6.45. The third kappa shape index (κ3) is 2.43. The van der Waals surface area contributed by atoms with Crippen LogP contribution in [0, 0.1) is 5.82 Å². The lowest BCUT2D eigenvalue weighted by Crippen LogP contribution is -2.10. The SMILES string of the molecule is Cn1c(CC(=O)c2cccc(Cl)c2F)nc2ccccc21. The number of aromatic nitrogens is 2. The van der Waals surface area contributed by atoms with Crippen LogP contribution >= 0.6 is 11.6 Å². The first-order chi connectivity index (χ1) is 10.1. The van der Waals surface area contributed by atoms with E-state index in [4.69, 9.17) is 11.6 Å². The van der Waals surface area contributed by atoms with Crippen LogP contribution in [0.5, 0.6) is 0 Å². The largest absolute Gasteiger partial charge is 0.331 e. The number of carbonyl (C=O) groups excluding carboxylic acids is 1. The molecule has 0 atom stereocenters. The summed E-state index contributed by atoms with van der Waals surface area (Å²) in [5.41, 5.74) is 1.75. The molecule has 0 N–H and O–H groups in total. The van der Waals surface area contributed by atoms with Gasteiger partial charge in [-0.15, -0.1) is 0 Å². The minimum absolute atomic E-state index is 0.00504. The minimum atomic E-state index is -0.678. The molecule has 0 bridgehead atoms. The van der Waals surface area contributed by atoms with Gasteiger partial charge >= 0.3 is 0 Å². The van der Waals surface area contributed by atoms with E-state index < -0.39 is 5.82 Å². The summed E-state index contributed by atoms with van der Waals surface area (Å²) in [7, 11) is 1.84. The van der Waals surface area contributed by atoms with Crippen molar-refractivity contribution in [2.45, 2.75) is 6.42 Å². The normalized spacial score (nSPS) is 11.0. The van der Waals surface area contributed by atoms with Crippen LogP contribution in [-0.4, -0.2) is 15.3 Å². The van der Waals surface area contributed by atoms with Crippen LogP contribution < -0.4 is 0 Å². The standard InChI is InChI=1S/C16H12ClFN2O/c1-20-13-8-3-2-7-12(13)19-15(20)9-14(21)10-5-4-6-11(17)16(10)18/h2-8H,9H2,1H3. The van der Waals surface area contributed by atoms with Gasteiger partial charge in [0.05, 0.1) is 28.0 Å². The highest BCUT2D eigenvalue weighted by molar-refractivity contribution is 6.31. The van der Waals surface area contributed by atoms with Crippen LogP contribution in [-0.2, 0) is 13.5 Å². The van der Waals surface area contributed by atoms with E-state index in [0.29, 0.717) is 5.82 Å². The van der Waals surface area contributed by atoms with Gasteiger partial charge < -0.3 is 4.57 Å². The van der Waals surface area contributed by atoms with Crippen LogP contribution in [0.2, 0.25) is 5.02 Å². The summed E-state index contributed by atoms with van der Waals surface area (Å²) in [5, 5.41) is -0.0501. The second-order valence-electron chi connectivity index (χ2n) is 4.78. The highest BCUT2D eigenvalue weighted by Crippen LogP contribution is 2.20. The average Bonchev–Trinajstić information content (AvgIpc) is 2.79. The molecule has 3 nitrogen and oxygen atoms in total. The van der Waals surface area contributed by atoms with Gasteiger partial charge in [-0.05, 0) is 24.3 Å². The predicted octanol–water partition coefficient (Wildman–Crippen LogP) is 3.79. The molecule has 0 saturated carbocycles. The maximum atomic E-state index is 13.9. The van der Waals surface area contributed by atoms with Gasteiger partial charge in [0, 0.05) is 7.05 Å². The molecular weight excluding hydrogens is 291 g/mol. The molecule has 0 fully saturated rings. The Labute approximate surface area is 126 Å². The number of hydrogen-bond donors (Lipinski definition) is 0. The Hall–Kier alpha value is -2.20. The van der Waals surface area contributed by atoms with Gasteiger partial charge in [0.2, 0.25) is 0 Å². The average molecular weight is 303 g/mol. The highest BCUT2D eigenvalue weighted by atomic mass is 35.5. The third-order valence-corrected chi connectivity index (χ3v) is 3.74. The highest BCUT2D eigenvalue weighted by Gasteiger charge is 2.17. The molecule has 0 unspecified atom stereocenters. The molecule has 0 spiro atoms. The molecule has 1 aromatic heterocycles. The maximum Gasteiger partial charge on any atom is 0.173 e. The Kier molecular flexibility index (Phi) is 3.47. The van der Waals surface area contributed by atoms with Crippen LogP contribution in [0.3, 0.4) is 0 Å². The van der Waals surface area contributed by atoms with Crippen molar-refractivity contribution in [1.29, 1.82) is 0 Å². The number of hydrogen-bond acceptors (Lipinski definition) is 2. The maximum absolute atomic E-state index is 13.9. The summed E-state index contributed by atoms with van der Waals surface area (Å²) in [5.74, 6) is -0.420. The fraction of sp³-hybridized carbons (Fsp3) is 0.125. The number of rotatable bonds is 3. The lowest BCUT2D eigenvalue weighted by molar-refractivity contribution is 0.0986. The molecule has 0 amide bonds. The van der Waals surface area contributed by atoms with Gasteiger partial charge in [-0.1, -0.05) is 29.8 Å². The van der Waals surface area contributed by atoms with Gasteiger partial charge in [0.1, 0.15) is 5.82 Å². The second-order valence-corrected chi connectivity index (χ2v) is 5.18. The van der Waals surface area contributed by atoms with E-state index in [1.54, 1.807) is 6.07 Å². The van der Waals surface area contributed by atoms with E-state index in [2.05, 4.69) is 4.98 Å². The molecule has 106 valence electrons. The summed E-state index contributed by atoms with van der Waals surface area (Å²) in [6, 6.07) is 12.0. The molecule has 0 aliphatic carbocycles. The number of aryl methyl sites for hydroxylation is 1. The van der Waals surface area contributed by atoms with E-state index in [1.807, 2.05) is 35.9 Å². The van der Waals surface area contributed by atoms with Crippen molar-refractivity contribution < 1.29 is 9.18 Å². The molecule has 0 radical (unpaired) electrons. The van der Waals surface area contributed by atoms with Crippen molar-refractivity contribution in [2.75, 3.05) is 0 Å². The Morgan fingerprint density at radius 1 is 1.24 bits per heavy atom. The number of nitrogens with zero attached hydrogens (tertiary/aromatic N) is 2. The monoisotopic (exact) mass is 302 g/mol. The van der Waals surface area contributed by atoms with Gasteiger partial charge in [0.25, 0.3) is 0 Å². The van der Waals surface area contributed by atoms with Crippen molar-refractivity contribution in [1.82, 2.24) is 9.55 Å². The summed E-state index contributed by atoms with van der Waals surface area (Å²) < 4.78 is 15.7. The zero-order chi connectivity index (χ0) is 15.0. The van der Waals surface area contributed by atoms with Crippen LogP contribution in [0.1, 0.15) is 16.2 Å². The van der Waals surface area contributed by atoms with Gasteiger partial charge in [-0.2, -0.15) is 0 Å². The van der Waals surface area contributed by atoms with Crippen molar-refractivity contribution in [3.63, 3.8) is 0 Å². The fourth-order valence-electron chi connectivity index (χ4n) is 2.31. The van der Waals surface area contributed by atoms with E-state index >= 15 is 0 Å². The zero-order valence-corrected chi connectivity index (χ0v) is 12.1. The quantitative estimate of drug-likeness (QED) is 0.690. The van der Waals surface area contributed by atoms with Gasteiger partial charge in [0.15, 0.2) is 11.6 Å². The van der Waals surface area contributed by atoms with Gasteiger partial charge in [-0.25, -0.2) is 9.37 Å². The Bertz CT molecular complexity index is 841. The van der Waals surface area contributed by atoms with E-state index in [9.17, 15) is 9.18 Å². The number of imidazole rings is 1. The van der Waals surface area contributed by atoms with E-state index in [1.165, 1.54) is 12.1 Å². The fourth-order valence-corrected chi connectivity index (χ4v) is 2.49. The summed E-state index contributed by atoms with van der Waals surface area (Å²) in [6.07, 6.45) is 0.0302. The number of para-hydroxylation sites is 2. The number of halogens is 2. The second kappa shape index (κ2) is 5.30. The lowest BCUT2D eigenvalue weighted by atomic mass is 10.1. The summed E-state index contributed by atoms with van der Waals surface area (Å²) in [4.78, 5) is 16.7. The number of fused-ring (bicyclic) bond motifs is 1. The zero-order valence-electron chi connectivity index (χ0n) is 11.3. The van der Waals surface area contributed by atoms with Gasteiger partial charge in [-0.3, -0.25) is 4.79 Å². The third-order valence-electron chi connectivity index (χ3n) is 3.45. The molecule has 3 rings (SSSR count). The summed E-state index contributed by atoms with van der Waals surface area (Å²) >= 11 is 5.71. The molecule has 0 aliphatic heterocycles. The molecule has 5 heteroatoms. The first-order valence-corrected chi connectivity index (χ1v) is 6.83. The van der Waals surface area contributed by atoms with Crippen LogP contribution in [0.15, 0.2) is 42.5 Å². The molecule has 2 aromatic carbocycles. The molecule has 1 heterocycles. The van der Waals surface area contributed by atoms with Crippen LogP contribution in [0.4, 0.5) is 4.39 Å². The number of ketones is 1. The Balaban J connectivity index is 1.97. The van der Waals surface area contributed by atoms with E-state index in [0.717, 1.165) is 11.0 Å². The molecule has 0 saturated heterocycles. The Morgan fingerprint density at radius 2 is 2.00 bits per heavy atom. The molecule has 21 heavy (non-hydrogen) atoms. The molecule has 0 aliphatic rings.